The van der Waals surface area contributed by atoms with E-state index in [1.54, 1.807) is 0 Å². The van der Waals surface area contributed by atoms with Gasteiger partial charge in [-0.15, -0.1) is 22.1 Å². The van der Waals surface area contributed by atoms with Crippen molar-refractivity contribution in [3.05, 3.63) is 197 Å². The maximum atomic E-state index is 6.47. The number of hydrogen-bond acceptors (Lipinski definition) is 4. The Morgan fingerprint density at radius 2 is 0.952 bits per heavy atom. The minimum absolute atomic E-state index is 0. The summed E-state index contributed by atoms with van der Waals surface area (Å²) < 4.78 is 7.51. The van der Waals surface area contributed by atoms with Crippen molar-refractivity contribution in [2.45, 2.75) is 18.7 Å². The van der Waals surface area contributed by atoms with Gasteiger partial charge in [0.05, 0.1) is 28.8 Å². The summed E-state index contributed by atoms with van der Waals surface area (Å²) in [5.41, 5.74) is 17.2. The van der Waals surface area contributed by atoms with Crippen molar-refractivity contribution >= 4 is 67.5 Å². The first-order valence-electron chi connectivity index (χ1n) is 21.1. The van der Waals surface area contributed by atoms with E-state index >= 15 is 0 Å². The van der Waals surface area contributed by atoms with Crippen LogP contribution in [0.5, 0.6) is 0 Å². The Morgan fingerprint density at radius 1 is 0.508 bits per heavy atom. The molecule has 8 aromatic rings. The molecule has 4 aliphatic rings. The molecule has 8 heteroatoms. The molecule has 12 rings (SSSR count). The van der Waals surface area contributed by atoms with E-state index in [0.717, 1.165) is 118 Å². The molecule has 0 saturated carbocycles. The minimum Gasteiger partial charge on any atom is -0.657 e. The van der Waals surface area contributed by atoms with E-state index < -0.39 is 0 Å². The zero-order chi connectivity index (χ0) is 41.1. The summed E-state index contributed by atoms with van der Waals surface area (Å²) >= 11 is 3.67. The van der Waals surface area contributed by atoms with Crippen LogP contribution in [0.4, 0.5) is 5.69 Å². The normalized spacial score (nSPS) is 17.4. The molecule has 3 atom stereocenters. The molecule has 0 spiro atoms. The Labute approximate surface area is 384 Å². The predicted molar refractivity (Wildman–Crippen MR) is 256 cm³/mol. The Kier molecular flexibility index (Phi) is 10.2. The molecule has 6 nitrogen and oxygen atoms in total. The Bertz CT molecular complexity index is 3240. The largest absolute Gasteiger partial charge is 2.00 e. The van der Waals surface area contributed by atoms with Gasteiger partial charge in [-0.25, -0.2) is 9.97 Å². The molecule has 7 heterocycles. The van der Waals surface area contributed by atoms with Crippen LogP contribution in [0.3, 0.4) is 0 Å². The summed E-state index contributed by atoms with van der Waals surface area (Å²) in [5.74, 6) is 0.283. The quantitative estimate of drug-likeness (QED) is 0.155. The van der Waals surface area contributed by atoms with Gasteiger partial charge < -0.3 is 19.6 Å². The first-order valence-corrected chi connectivity index (χ1v) is 21.9. The SMILES string of the molecule is Brc1ccc(N2[C@H](C3=Cc4nc3c(-c3ccccc3)c3ccc([n-]3)c(-c3ccccc3)c3nc(c(-c5ccccc5)c5ccc([n-]5)c4-c4ccccc4)C=C3)[C@@H]3CCO[C@@H]32)cc1.[Ni+2]. The fraction of sp³-hybridized carbons (Fsp3) is 0.0909. The number of fused-ring (bicyclic) bond motifs is 9. The molecule has 8 bridgehead atoms. The number of ether oxygens (including phenoxy) is 1. The number of benzene rings is 5. The standard InChI is InChI=1S/C55H38BrN5O.Ni/c56-38-21-23-39(24-22-38)61-54(40-31-32-62-55(40)61)41-33-48-51(36-17-9-3-10-18-36)46-28-27-44(58-46)49(34-13-5-1-6-14-34)42-25-26-43(57-42)50(35-15-7-2-8-16-35)45-29-30-47(59-45)52(53(41)60-48)37-19-11-4-12-20-37;/h1-30,33,40,54-55H,31-32H2;/q-2;+2/t40-,54-,55-;/m0./s1. The number of nitrogens with zero attached hydrogens (tertiary/aromatic N) is 5. The van der Waals surface area contributed by atoms with E-state index in [0.29, 0.717) is 0 Å². The van der Waals surface area contributed by atoms with Crippen LogP contribution < -0.4 is 14.9 Å². The van der Waals surface area contributed by atoms with Gasteiger partial charge in [-0.2, -0.15) is 0 Å². The van der Waals surface area contributed by atoms with E-state index in [9.17, 15) is 0 Å². The fourth-order valence-electron chi connectivity index (χ4n) is 9.77. The van der Waals surface area contributed by atoms with Crippen molar-refractivity contribution in [2.75, 3.05) is 11.5 Å². The molecular formula is C55H38BrN5NiO. The molecule has 306 valence electrons. The maximum absolute atomic E-state index is 6.47. The van der Waals surface area contributed by atoms with E-state index in [1.807, 2.05) is 12.1 Å². The first-order chi connectivity index (χ1) is 30.7. The Morgan fingerprint density at radius 3 is 1.44 bits per heavy atom. The van der Waals surface area contributed by atoms with Crippen LogP contribution in [0.25, 0.3) is 90.4 Å². The van der Waals surface area contributed by atoms with Gasteiger partial charge in [-0.3, -0.25) is 0 Å². The summed E-state index contributed by atoms with van der Waals surface area (Å²) in [6, 6.07) is 59.3. The van der Waals surface area contributed by atoms with Gasteiger partial charge in [-0.05, 0) is 93.4 Å². The zero-order valence-corrected chi connectivity index (χ0v) is 36.5. The second kappa shape index (κ2) is 16.3. The number of rotatable bonds is 6. The van der Waals surface area contributed by atoms with Gasteiger partial charge in [0, 0.05) is 28.3 Å². The van der Waals surface area contributed by atoms with Crippen molar-refractivity contribution < 1.29 is 21.2 Å². The van der Waals surface area contributed by atoms with Crippen molar-refractivity contribution in [1.82, 2.24) is 19.9 Å². The smallest absolute Gasteiger partial charge is 0.657 e. The summed E-state index contributed by atoms with van der Waals surface area (Å²) in [6.07, 6.45) is 7.51. The second-order valence-corrected chi connectivity index (χ2v) is 17.0. The molecule has 2 saturated heterocycles. The summed E-state index contributed by atoms with van der Waals surface area (Å²) in [7, 11) is 0. The summed E-state index contributed by atoms with van der Waals surface area (Å²) in [5, 5.41) is 0. The average molecular weight is 924 g/mol. The molecular weight excluding hydrogens is 885 g/mol. The Hall–Kier alpha value is -6.57. The van der Waals surface area contributed by atoms with Crippen LogP contribution in [0.2, 0.25) is 0 Å². The van der Waals surface area contributed by atoms with Gasteiger partial charge in [0.25, 0.3) is 0 Å². The Balaban J connectivity index is 0.00000444. The third-order valence-electron chi connectivity index (χ3n) is 12.5. The van der Waals surface area contributed by atoms with Crippen LogP contribution in [-0.2, 0) is 21.2 Å². The third-order valence-corrected chi connectivity index (χ3v) is 13.1. The molecule has 4 aliphatic heterocycles. The maximum Gasteiger partial charge on any atom is 2.00 e. The van der Waals surface area contributed by atoms with Crippen molar-refractivity contribution in [3.63, 3.8) is 0 Å². The van der Waals surface area contributed by atoms with Gasteiger partial charge in [0.1, 0.15) is 6.23 Å². The molecule has 0 amide bonds. The second-order valence-electron chi connectivity index (χ2n) is 16.1. The first kappa shape index (κ1) is 39.3. The van der Waals surface area contributed by atoms with Gasteiger partial charge >= 0.3 is 16.5 Å². The number of anilines is 1. The summed E-state index contributed by atoms with van der Waals surface area (Å²) in [6.45, 7) is 0.718. The molecule has 0 aliphatic carbocycles. The van der Waals surface area contributed by atoms with Gasteiger partial charge in [-0.1, -0.05) is 162 Å². The van der Waals surface area contributed by atoms with Gasteiger partial charge in [0.15, 0.2) is 0 Å². The van der Waals surface area contributed by atoms with Crippen LogP contribution in [-0.4, -0.2) is 28.8 Å². The monoisotopic (exact) mass is 921 g/mol. The molecule has 0 radical (unpaired) electrons. The van der Waals surface area contributed by atoms with Gasteiger partial charge in [0.2, 0.25) is 0 Å². The van der Waals surface area contributed by atoms with Crippen molar-refractivity contribution in [1.29, 1.82) is 0 Å². The third kappa shape index (κ3) is 6.81. The van der Waals surface area contributed by atoms with Crippen molar-refractivity contribution in [3.8, 4) is 44.5 Å². The average Bonchev–Trinajstić information content (AvgIpc) is 4.18. The zero-order valence-electron chi connectivity index (χ0n) is 33.9. The van der Waals surface area contributed by atoms with Crippen LogP contribution in [0.15, 0.2) is 174 Å². The topological polar surface area (TPSA) is 66.5 Å². The molecule has 0 unspecified atom stereocenters. The molecule has 0 N–H and O–H groups in total. The van der Waals surface area contributed by atoms with E-state index in [-0.39, 0.29) is 34.7 Å². The van der Waals surface area contributed by atoms with E-state index in [4.69, 9.17) is 24.7 Å². The van der Waals surface area contributed by atoms with Crippen LogP contribution >= 0.6 is 15.9 Å². The molecule has 5 aromatic carbocycles. The van der Waals surface area contributed by atoms with Crippen LogP contribution in [0, 0.1) is 5.92 Å². The fourth-order valence-corrected chi connectivity index (χ4v) is 10.0. The number of halogens is 1. The van der Waals surface area contributed by atoms with E-state index in [2.05, 4.69) is 197 Å². The number of aromatic nitrogens is 4. The van der Waals surface area contributed by atoms with E-state index in [1.165, 1.54) is 0 Å². The predicted octanol–water partition coefficient (Wildman–Crippen LogP) is 13.0. The molecule has 2 fully saturated rings. The number of hydrogen-bond donors (Lipinski definition) is 0. The van der Waals surface area contributed by atoms with Crippen molar-refractivity contribution in [2.24, 2.45) is 5.92 Å². The minimum atomic E-state index is -0.0218. The molecule has 3 aromatic heterocycles. The summed E-state index contributed by atoms with van der Waals surface area (Å²) in [4.78, 5) is 24.7. The molecule has 63 heavy (non-hydrogen) atoms. The van der Waals surface area contributed by atoms with Crippen LogP contribution in [0.1, 0.15) is 29.2 Å².